The van der Waals surface area contributed by atoms with Gasteiger partial charge in [-0.15, -0.1) is 0 Å². The predicted molar refractivity (Wildman–Crippen MR) is 73.0 cm³/mol. The number of nitrogens with zero attached hydrogens (tertiary/aromatic N) is 1. The third kappa shape index (κ3) is 3.94. The van der Waals surface area contributed by atoms with Crippen molar-refractivity contribution in [1.82, 2.24) is 4.90 Å². The topological polar surface area (TPSA) is 91.8 Å². The second-order valence-electron chi connectivity index (χ2n) is 5.81. The second kappa shape index (κ2) is 6.11. The molecule has 1 amide bonds. The lowest BCUT2D eigenvalue weighted by molar-refractivity contribution is -0.142. The Bertz CT molecular complexity index is 487. The number of amides is 1. The number of piperidine rings is 1. The minimum Gasteiger partial charge on any atom is -0.481 e. The van der Waals surface area contributed by atoms with Gasteiger partial charge in [0.15, 0.2) is 9.84 Å². The number of carboxylic acid groups (broad SMARTS) is 1. The van der Waals surface area contributed by atoms with Crippen molar-refractivity contribution in [3.8, 4) is 0 Å². The lowest BCUT2D eigenvalue weighted by Gasteiger charge is -2.35. The highest BCUT2D eigenvalue weighted by molar-refractivity contribution is 7.91. The first-order valence-corrected chi connectivity index (χ1v) is 8.91. The summed E-state index contributed by atoms with van der Waals surface area (Å²) in [6.07, 6.45) is 3.32. The number of likely N-dealkylation sites (tertiary alicyclic amines) is 1. The van der Waals surface area contributed by atoms with Crippen molar-refractivity contribution >= 4 is 21.7 Å². The van der Waals surface area contributed by atoms with Crippen LogP contribution in [0.4, 0.5) is 0 Å². The average molecular weight is 303 g/mol. The van der Waals surface area contributed by atoms with E-state index in [1.165, 1.54) is 0 Å². The largest absolute Gasteiger partial charge is 0.481 e. The summed E-state index contributed by atoms with van der Waals surface area (Å²) in [6.45, 7) is 0.594. The molecular weight excluding hydrogens is 282 g/mol. The average Bonchev–Trinajstić information content (AvgIpc) is 2.68. The van der Waals surface area contributed by atoms with E-state index in [0.717, 1.165) is 19.3 Å². The van der Waals surface area contributed by atoms with Gasteiger partial charge in [0.2, 0.25) is 5.91 Å². The zero-order chi connectivity index (χ0) is 14.8. The van der Waals surface area contributed by atoms with Gasteiger partial charge in [-0.05, 0) is 31.6 Å². The molecule has 2 aliphatic rings. The van der Waals surface area contributed by atoms with Gasteiger partial charge in [0, 0.05) is 19.0 Å². The maximum atomic E-state index is 12.3. The van der Waals surface area contributed by atoms with E-state index in [4.69, 9.17) is 5.11 Å². The molecule has 0 spiro atoms. The third-order valence-corrected chi connectivity index (χ3v) is 5.98. The predicted octanol–water partition coefficient (Wildman–Crippen LogP) is 0.667. The third-order valence-electron chi connectivity index (χ3n) is 4.15. The van der Waals surface area contributed by atoms with Gasteiger partial charge in [-0.3, -0.25) is 9.59 Å². The van der Waals surface area contributed by atoms with Gasteiger partial charge in [-0.1, -0.05) is 0 Å². The highest BCUT2D eigenvalue weighted by atomic mass is 32.2. The van der Waals surface area contributed by atoms with Gasteiger partial charge in [0.1, 0.15) is 0 Å². The summed E-state index contributed by atoms with van der Waals surface area (Å²) in [5.74, 6) is -0.809. The first-order chi connectivity index (χ1) is 9.37. The van der Waals surface area contributed by atoms with Crippen LogP contribution in [0.25, 0.3) is 0 Å². The minimum atomic E-state index is -2.97. The molecule has 2 rings (SSSR count). The zero-order valence-corrected chi connectivity index (χ0v) is 12.3. The highest BCUT2D eigenvalue weighted by Crippen LogP contribution is 2.26. The molecule has 1 N–H and O–H groups in total. The number of rotatable bonds is 4. The molecule has 2 aliphatic heterocycles. The van der Waals surface area contributed by atoms with Gasteiger partial charge >= 0.3 is 5.97 Å². The SMILES string of the molecule is O=C(O)CC1CCCCN1C(=O)CC1CCS(=O)(=O)C1. The van der Waals surface area contributed by atoms with Crippen LogP contribution in [0.1, 0.15) is 38.5 Å². The van der Waals surface area contributed by atoms with E-state index in [-0.39, 0.29) is 42.2 Å². The molecule has 20 heavy (non-hydrogen) atoms. The van der Waals surface area contributed by atoms with E-state index in [0.29, 0.717) is 13.0 Å². The number of carbonyl (C=O) groups excluding carboxylic acids is 1. The molecule has 0 saturated carbocycles. The van der Waals surface area contributed by atoms with Crippen molar-refractivity contribution in [2.75, 3.05) is 18.1 Å². The van der Waals surface area contributed by atoms with E-state index < -0.39 is 15.8 Å². The molecule has 0 aliphatic carbocycles. The Morgan fingerprint density at radius 3 is 2.50 bits per heavy atom. The molecule has 0 aromatic carbocycles. The number of hydrogen-bond donors (Lipinski definition) is 1. The number of carbonyl (C=O) groups is 2. The van der Waals surface area contributed by atoms with E-state index >= 15 is 0 Å². The van der Waals surface area contributed by atoms with E-state index in [1.807, 2.05) is 0 Å². The number of sulfone groups is 1. The van der Waals surface area contributed by atoms with Crippen LogP contribution in [-0.2, 0) is 19.4 Å². The van der Waals surface area contributed by atoms with Crippen LogP contribution in [0.3, 0.4) is 0 Å². The van der Waals surface area contributed by atoms with Crippen LogP contribution >= 0.6 is 0 Å². The van der Waals surface area contributed by atoms with Gasteiger partial charge in [-0.2, -0.15) is 0 Å². The fraction of sp³-hybridized carbons (Fsp3) is 0.846. The second-order valence-corrected chi connectivity index (χ2v) is 8.04. The molecule has 2 heterocycles. The van der Waals surface area contributed by atoms with Crippen molar-refractivity contribution < 1.29 is 23.1 Å². The molecular formula is C13H21NO5S. The Morgan fingerprint density at radius 1 is 1.15 bits per heavy atom. The summed E-state index contributed by atoms with van der Waals surface area (Å²) in [5.41, 5.74) is 0. The molecule has 2 atom stereocenters. The van der Waals surface area contributed by atoms with Crippen LogP contribution in [-0.4, -0.2) is 54.4 Å². The molecule has 0 radical (unpaired) electrons. The molecule has 6 nitrogen and oxygen atoms in total. The summed E-state index contributed by atoms with van der Waals surface area (Å²) < 4.78 is 22.8. The van der Waals surface area contributed by atoms with Gasteiger partial charge in [0.05, 0.1) is 17.9 Å². The van der Waals surface area contributed by atoms with E-state index in [1.54, 1.807) is 4.90 Å². The maximum Gasteiger partial charge on any atom is 0.305 e. The Labute approximate surface area is 119 Å². The van der Waals surface area contributed by atoms with E-state index in [2.05, 4.69) is 0 Å². The highest BCUT2D eigenvalue weighted by Gasteiger charge is 2.33. The van der Waals surface area contributed by atoms with Crippen LogP contribution < -0.4 is 0 Å². The lowest BCUT2D eigenvalue weighted by Crippen LogP contribution is -2.45. The van der Waals surface area contributed by atoms with Gasteiger partial charge < -0.3 is 10.0 Å². The summed E-state index contributed by atoms with van der Waals surface area (Å²) in [6, 6.07) is -0.230. The maximum absolute atomic E-state index is 12.3. The molecule has 0 aromatic rings. The van der Waals surface area contributed by atoms with Crippen molar-refractivity contribution in [2.45, 2.75) is 44.6 Å². The molecule has 7 heteroatoms. The van der Waals surface area contributed by atoms with Crippen molar-refractivity contribution in [2.24, 2.45) is 5.92 Å². The fourth-order valence-corrected chi connectivity index (χ4v) is 5.00. The van der Waals surface area contributed by atoms with Crippen LogP contribution in [0.2, 0.25) is 0 Å². The fourth-order valence-electron chi connectivity index (χ4n) is 3.14. The molecule has 0 aromatic heterocycles. The Kier molecular flexibility index (Phi) is 4.67. The molecule has 0 bridgehead atoms. The van der Waals surface area contributed by atoms with Crippen molar-refractivity contribution in [1.29, 1.82) is 0 Å². The van der Waals surface area contributed by atoms with Crippen molar-refractivity contribution in [3.63, 3.8) is 0 Å². The van der Waals surface area contributed by atoms with Gasteiger partial charge in [-0.25, -0.2) is 8.42 Å². The Hall–Kier alpha value is -1.11. The summed E-state index contributed by atoms with van der Waals surface area (Å²) in [7, 11) is -2.97. The normalized spacial score (nSPS) is 29.3. The van der Waals surface area contributed by atoms with E-state index in [9.17, 15) is 18.0 Å². The van der Waals surface area contributed by atoms with Gasteiger partial charge in [0.25, 0.3) is 0 Å². The lowest BCUT2D eigenvalue weighted by atomic mass is 9.97. The Morgan fingerprint density at radius 2 is 1.90 bits per heavy atom. The molecule has 114 valence electrons. The molecule has 2 unspecified atom stereocenters. The number of hydrogen-bond acceptors (Lipinski definition) is 4. The van der Waals surface area contributed by atoms with Crippen molar-refractivity contribution in [3.05, 3.63) is 0 Å². The zero-order valence-electron chi connectivity index (χ0n) is 11.5. The standard InChI is InChI=1S/C13H21NO5S/c15-12(7-10-4-6-20(18,19)9-10)14-5-2-1-3-11(14)8-13(16)17/h10-11H,1-9H2,(H,16,17). The van der Waals surface area contributed by atoms with Crippen LogP contribution in [0.15, 0.2) is 0 Å². The smallest absolute Gasteiger partial charge is 0.305 e. The quantitative estimate of drug-likeness (QED) is 0.824. The molecule has 2 fully saturated rings. The first kappa shape index (κ1) is 15.3. The summed E-state index contributed by atoms with van der Waals surface area (Å²) >= 11 is 0. The number of carboxylic acids is 1. The summed E-state index contributed by atoms with van der Waals surface area (Å²) in [4.78, 5) is 24.8. The number of aliphatic carboxylic acids is 1. The summed E-state index contributed by atoms with van der Waals surface area (Å²) in [5, 5.41) is 8.90. The first-order valence-electron chi connectivity index (χ1n) is 7.09. The molecule has 2 saturated heterocycles. The monoisotopic (exact) mass is 303 g/mol. The van der Waals surface area contributed by atoms with Crippen LogP contribution in [0.5, 0.6) is 0 Å². The van der Waals surface area contributed by atoms with Crippen LogP contribution in [0, 0.1) is 5.92 Å². The Balaban J connectivity index is 1.94. The minimum absolute atomic E-state index is 0.0191.